The first-order valence-electron chi connectivity index (χ1n) is 8.71. The lowest BCUT2D eigenvalue weighted by molar-refractivity contribution is -0.122. The second-order valence-corrected chi connectivity index (χ2v) is 7.13. The molecule has 3 rings (SSSR count). The summed E-state index contributed by atoms with van der Waals surface area (Å²) in [7, 11) is 0. The van der Waals surface area contributed by atoms with Crippen LogP contribution in [0.3, 0.4) is 0 Å². The van der Waals surface area contributed by atoms with Gasteiger partial charge in [0.05, 0.1) is 11.3 Å². The molecular formula is C21H18Cl2N2O4. The van der Waals surface area contributed by atoms with Crippen LogP contribution in [0.5, 0.6) is 5.75 Å². The molecule has 29 heavy (non-hydrogen) atoms. The summed E-state index contributed by atoms with van der Waals surface area (Å²) in [6, 6.07) is 13.1. The molecule has 0 saturated carbocycles. The van der Waals surface area contributed by atoms with Gasteiger partial charge in [-0.1, -0.05) is 29.3 Å². The minimum atomic E-state index is -0.811. The number of nitrogens with one attached hydrogen (secondary N) is 2. The molecule has 0 unspecified atom stereocenters. The van der Waals surface area contributed by atoms with Crippen molar-refractivity contribution in [1.82, 2.24) is 0 Å². The van der Waals surface area contributed by atoms with Gasteiger partial charge >= 0.3 is 0 Å². The SMILES string of the molecule is Cc1ccc(NC(=O)c2ccco2)cc1NC(=O)[C@@H](C)Oc1ccc(Cl)cc1Cl. The van der Waals surface area contributed by atoms with Crippen LogP contribution in [0.1, 0.15) is 23.0 Å². The van der Waals surface area contributed by atoms with E-state index in [1.54, 1.807) is 55.5 Å². The van der Waals surface area contributed by atoms with Gasteiger partial charge in [-0.3, -0.25) is 9.59 Å². The second kappa shape index (κ2) is 9.03. The minimum Gasteiger partial charge on any atom is -0.479 e. The Kier molecular flexibility index (Phi) is 6.46. The number of anilines is 2. The molecule has 0 radical (unpaired) electrons. The number of halogens is 2. The molecule has 0 spiro atoms. The lowest BCUT2D eigenvalue weighted by Gasteiger charge is -2.17. The molecule has 0 aliphatic rings. The van der Waals surface area contributed by atoms with Crippen molar-refractivity contribution in [2.45, 2.75) is 20.0 Å². The lowest BCUT2D eigenvalue weighted by Crippen LogP contribution is -2.30. The zero-order chi connectivity index (χ0) is 21.0. The summed E-state index contributed by atoms with van der Waals surface area (Å²) in [5.74, 6) is -0.202. The molecule has 150 valence electrons. The van der Waals surface area contributed by atoms with E-state index in [0.717, 1.165) is 5.56 Å². The van der Waals surface area contributed by atoms with Crippen molar-refractivity contribution in [3.05, 3.63) is 76.2 Å². The maximum absolute atomic E-state index is 12.6. The molecule has 1 heterocycles. The van der Waals surface area contributed by atoms with Crippen molar-refractivity contribution in [3.63, 3.8) is 0 Å². The molecule has 8 heteroatoms. The summed E-state index contributed by atoms with van der Waals surface area (Å²) in [6.45, 7) is 3.45. The molecule has 1 atom stereocenters. The van der Waals surface area contributed by atoms with Crippen LogP contribution in [0.25, 0.3) is 0 Å². The first kappa shape index (κ1) is 20.8. The average Bonchev–Trinajstić information content (AvgIpc) is 3.21. The molecular weight excluding hydrogens is 415 g/mol. The van der Waals surface area contributed by atoms with Crippen LogP contribution < -0.4 is 15.4 Å². The predicted octanol–water partition coefficient (Wildman–Crippen LogP) is 5.55. The standard InChI is InChI=1S/C21H18Cl2N2O4/c1-12-5-7-15(24-21(27)19-4-3-9-28-19)11-17(12)25-20(26)13(2)29-18-8-6-14(22)10-16(18)23/h3-11,13H,1-2H3,(H,24,27)(H,25,26)/t13-/m1/s1. The first-order valence-corrected chi connectivity index (χ1v) is 9.47. The minimum absolute atomic E-state index is 0.193. The molecule has 3 aromatic rings. The van der Waals surface area contributed by atoms with Crippen molar-refractivity contribution < 1.29 is 18.7 Å². The lowest BCUT2D eigenvalue weighted by atomic mass is 10.1. The topological polar surface area (TPSA) is 80.6 Å². The van der Waals surface area contributed by atoms with Gasteiger partial charge in [-0.25, -0.2) is 0 Å². The van der Waals surface area contributed by atoms with Crippen LogP contribution >= 0.6 is 23.2 Å². The highest BCUT2D eigenvalue weighted by Gasteiger charge is 2.18. The molecule has 6 nitrogen and oxygen atoms in total. The predicted molar refractivity (Wildman–Crippen MR) is 113 cm³/mol. The molecule has 2 N–H and O–H groups in total. The number of hydrogen-bond donors (Lipinski definition) is 2. The van der Waals surface area contributed by atoms with Gasteiger partial charge in [-0.2, -0.15) is 0 Å². The quantitative estimate of drug-likeness (QED) is 0.534. The Balaban J connectivity index is 1.68. The van der Waals surface area contributed by atoms with Crippen LogP contribution in [0.4, 0.5) is 11.4 Å². The van der Waals surface area contributed by atoms with Gasteiger partial charge in [0.1, 0.15) is 5.75 Å². The van der Waals surface area contributed by atoms with Crippen molar-refractivity contribution in [1.29, 1.82) is 0 Å². The average molecular weight is 433 g/mol. The largest absolute Gasteiger partial charge is 0.479 e. The molecule has 0 saturated heterocycles. The van der Waals surface area contributed by atoms with E-state index in [1.807, 2.05) is 6.92 Å². The van der Waals surface area contributed by atoms with E-state index in [1.165, 1.54) is 6.26 Å². The fourth-order valence-electron chi connectivity index (χ4n) is 2.48. The van der Waals surface area contributed by atoms with Gasteiger partial charge in [0.2, 0.25) is 0 Å². The maximum atomic E-state index is 12.6. The van der Waals surface area contributed by atoms with Gasteiger partial charge in [-0.05, 0) is 61.9 Å². The summed E-state index contributed by atoms with van der Waals surface area (Å²) < 4.78 is 10.7. The molecule has 0 aliphatic heterocycles. The number of furan rings is 1. The summed E-state index contributed by atoms with van der Waals surface area (Å²) >= 11 is 12.0. The zero-order valence-electron chi connectivity index (χ0n) is 15.7. The van der Waals surface area contributed by atoms with Gasteiger partial charge in [-0.15, -0.1) is 0 Å². The van der Waals surface area contributed by atoms with E-state index in [9.17, 15) is 9.59 Å². The van der Waals surface area contributed by atoms with Gasteiger partial charge in [0, 0.05) is 16.4 Å². The van der Waals surface area contributed by atoms with E-state index in [2.05, 4.69) is 10.6 Å². The van der Waals surface area contributed by atoms with Crippen LogP contribution in [0.15, 0.2) is 59.2 Å². The molecule has 0 aliphatic carbocycles. The Morgan fingerprint density at radius 1 is 1.07 bits per heavy atom. The molecule has 1 aromatic heterocycles. The highest BCUT2D eigenvalue weighted by atomic mass is 35.5. The van der Waals surface area contributed by atoms with Crippen molar-refractivity contribution >= 4 is 46.4 Å². The van der Waals surface area contributed by atoms with Crippen LogP contribution in [0.2, 0.25) is 10.0 Å². The Bertz CT molecular complexity index is 1040. The van der Waals surface area contributed by atoms with Crippen LogP contribution in [0, 0.1) is 6.92 Å². The number of ether oxygens (including phenoxy) is 1. The number of carbonyl (C=O) groups excluding carboxylic acids is 2. The van der Waals surface area contributed by atoms with Crippen LogP contribution in [-0.4, -0.2) is 17.9 Å². The van der Waals surface area contributed by atoms with E-state index >= 15 is 0 Å². The third-order valence-corrected chi connectivity index (χ3v) is 4.60. The second-order valence-electron chi connectivity index (χ2n) is 6.29. The monoisotopic (exact) mass is 432 g/mol. The molecule has 2 aromatic carbocycles. The third-order valence-electron chi connectivity index (χ3n) is 4.07. The number of benzene rings is 2. The Morgan fingerprint density at radius 3 is 2.55 bits per heavy atom. The number of rotatable bonds is 6. The van der Waals surface area contributed by atoms with Gasteiger partial charge in [0.15, 0.2) is 11.9 Å². The molecule has 0 fully saturated rings. The number of aryl methyl sites for hydroxylation is 1. The van der Waals surface area contributed by atoms with Crippen LogP contribution in [-0.2, 0) is 4.79 Å². The first-order chi connectivity index (χ1) is 13.8. The molecule has 2 amide bonds. The van der Waals surface area contributed by atoms with Gasteiger partial charge < -0.3 is 19.8 Å². The normalized spacial score (nSPS) is 11.6. The van der Waals surface area contributed by atoms with Crippen molar-refractivity contribution in [2.24, 2.45) is 0 Å². The maximum Gasteiger partial charge on any atom is 0.291 e. The van der Waals surface area contributed by atoms with E-state index in [4.69, 9.17) is 32.4 Å². The smallest absolute Gasteiger partial charge is 0.291 e. The Hall–Kier alpha value is -2.96. The van der Waals surface area contributed by atoms with E-state index in [0.29, 0.717) is 27.2 Å². The summed E-state index contributed by atoms with van der Waals surface area (Å²) in [4.78, 5) is 24.7. The van der Waals surface area contributed by atoms with Crippen molar-refractivity contribution in [3.8, 4) is 5.75 Å². The van der Waals surface area contributed by atoms with E-state index < -0.39 is 6.10 Å². The molecule has 0 bridgehead atoms. The number of carbonyl (C=O) groups is 2. The summed E-state index contributed by atoms with van der Waals surface area (Å²) in [6.07, 6.45) is 0.610. The fraction of sp³-hybridized carbons (Fsp3) is 0.143. The number of amides is 2. The Labute approximate surface area is 177 Å². The zero-order valence-corrected chi connectivity index (χ0v) is 17.2. The highest BCUT2D eigenvalue weighted by molar-refractivity contribution is 6.35. The van der Waals surface area contributed by atoms with Crippen molar-refractivity contribution in [2.75, 3.05) is 10.6 Å². The third kappa shape index (κ3) is 5.31. The van der Waals surface area contributed by atoms with Gasteiger partial charge in [0.25, 0.3) is 11.8 Å². The fourth-order valence-corrected chi connectivity index (χ4v) is 2.94. The summed E-state index contributed by atoms with van der Waals surface area (Å²) in [5.41, 5.74) is 1.89. The Morgan fingerprint density at radius 2 is 1.86 bits per heavy atom. The van der Waals surface area contributed by atoms with E-state index in [-0.39, 0.29) is 17.6 Å². The highest BCUT2D eigenvalue weighted by Crippen LogP contribution is 2.28. The summed E-state index contributed by atoms with van der Waals surface area (Å²) in [5, 5.41) is 6.31. The number of hydrogen-bond acceptors (Lipinski definition) is 4.